The molecule has 1 heterocycles. The number of nitrogens with one attached hydrogen (secondary N) is 1. The molecule has 0 bridgehead atoms. The molecule has 6 heteroatoms. The summed E-state index contributed by atoms with van der Waals surface area (Å²) in [6, 6.07) is 1.56. The van der Waals surface area contributed by atoms with Crippen molar-refractivity contribution in [1.82, 2.24) is 9.62 Å². The zero-order valence-electron chi connectivity index (χ0n) is 13.2. The molecule has 1 N–H and O–H groups in total. The van der Waals surface area contributed by atoms with Crippen LogP contribution in [0.1, 0.15) is 39.2 Å². The molecule has 0 aromatic carbocycles. The van der Waals surface area contributed by atoms with Crippen molar-refractivity contribution in [3.05, 3.63) is 17.6 Å². The van der Waals surface area contributed by atoms with Crippen LogP contribution >= 0.6 is 0 Å². The first-order valence-electron chi connectivity index (χ1n) is 6.99. The molecule has 0 saturated heterocycles. The van der Waals surface area contributed by atoms with Gasteiger partial charge in [0.15, 0.2) is 0 Å². The van der Waals surface area contributed by atoms with E-state index in [0.717, 1.165) is 6.54 Å². The molecule has 0 spiro atoms. The number of rotatable bonds is 7. The van der Waals surface area contributed by atoms with Crippen molar-refractivity contribution in [3.63, 3.8) is 0 Å². The van der Waals surface area contributed by atoms with Gasteiger partial charge in [0.2, 0.25) is 10.0 Å². The van der Waals surface area contributed by atoms with E-state index in [1.807, 2.05) is 27.7 Å². The average molecular weight is 302 g/mol. The highest BCUT2D eigenvalue weighted by Gasteiger charge is 2.30. The van der Waals surface area contributed by atoms with Crippen LogP contribution in [0.2, 0.25) is 0 Å². The third kappa shape index (κ3) is 3.62. The van der Waals surface area contributed by atoms with Crippen molar-refractivity contribution in [3.8, 4) is 0 Å². The molecular formula is C14H26N2O3S. The van der Waals surface area contributed by atoms with Crippen molar-refractivity contribution in [2.45, 2.75) is 52.1 Å². The fourth-order valence-corrected chi connectivity index (χ4v) is 3.59. The van der Waals surface area contributed by atoms with Gasteiger partial charge in [-0.05, 0) is 26.3 Å². The summed E-state index contributed by atoms with van der Waals surface area (Å²) in [5, 5.41) is 3.12. The van der Waals surface area contributed by atoms with Crippen molar-refractivity contribution in [2.75, 3.05) is 13.6 Å². The normalized spacial score (nSPS) is 14.2. The van der Waals surface area contributed by atoms with E-state index in [1.54, 1.807) is 20.0 Å². The smallest absolute Gasteiger partial charge is 0.246 e. The van der Waals surface area contributed by atoms with E-state index in [2.05, 4.69) is 5.32 Å². The summed E-state index contributed by atoms with van der Waals surface area (Å²) in [6.07, 6.45) is 0. The molecule has 0 fully saturated rings. The highest BCUT2D eigenvalue weighted by atomic mass is 32.2. The van der Waals surface area contributed by atoms with Gasteiger partial charge in [-0.2, -0.15) is 4.31 Å². The van der Waals surface area contributed by atoms with Gasteiger partial charge in [0.1, 0.15) is 16.4 Å². The Morgan fingerprint density at radius 3 is 2.45 bits per heavy atom. The van der Waals surface area contributed by atoms with Crippen LogP contribution in [0.5, 0.6) is 0 Å². The minimum atomic E-state index is -3.51. The molecule has 0 saturated carbocycles. The minimum Gasteiger partial charge on any atom is -0.464 e. The number of furan rings is 1. The Morgan fingerprint density at radius 2 is 1.95 bits per heavy atom. The Balaban J connectivity index is 3.06. The number of hydrogen-bond donors (Lipinski definition) is 1. The predicted molar refractivity (Wildman–Crippen MR) is 80.1 cm³/mol. The molecule has 1 aromatic rings. The summed E-state index contributed by atoms with van der Waals surface area (Å²) >= 11 is 0. The molecule has 116 valence electrons. The largest absolute Gasteiger partial charge is 0.464 e. The quantitative estimate of drug-likeness (QED) is 0.840. The van der Waals surface area contributed by atoms with Gasteiger partial charge in [0.05, 0.1) is 6.54 Å². The summed E-state index contributed by atoms with van der Waals surface area (Å²) in [4.78, 5) is 0.264. The van der Waals surface area contributed by atoms with E-state index < -0.39 is 10.0 Å². The van der Waals surface area contributed by atoms with Crippen LogP contribution in [0, 0.1) is 12.8 Å². The van der Waals surface area contributed by atoms with Crippen LogP contribution in [0.15, 0.2) is 15.4 Å². The maximum atomic E-state index is 12.6. The molecule has 20 heavy (non-hydrogen) atoms. The Bertz CT molecular complexity index is 535. The molecule has 0 aliphatic carbocycles. The fourth-order valence-electron chi connectivity index (χ4n) is 1.91. The monoisotopic (exact) mass is 302 g/mol. The van der Waals surface area contributed by atoms with Crippen LogP contribution in [0.4, 0.5) is 0 Å². The van der Waals surface area contributed by atoms with Gasteiger partial charge in [0, 0.05) is 19.2 Å². The minimum absolute atomic E-state index is 0.0634. The van der Waals surface area contributed by atoms with E-state index >= 15 is 0 Å². The number of sulfonamides is 1. The highest BCUT2D eigenvalue weighted by Crippen LogP contribution is 2.25. The summed E-state index contributed by atoms with van der Waals surface area (Å²) in [5.41, 5.74) is 0. The van der Waals surface area contributed by atoms with Crippen molar-refractivity contribution in [1.29, 1.82) is 0 Å². The van der Waals surface area contributed by atoms with E-state index in [0.29, 0.717) is 18.1 Å². The third-order valence-electron chi connectivity index (χ3n) is 3.67. The van der Waals surface area contributed by atoms with Gasteiger partial charge in [-0.15, -0.1) is 0 Å². The molecule has 1 unspecified atom stereocenters. The van der Waals surface area contributed by atoms with Crippen molar-refractivity contribution in [2.24, 2.45) is 5.92 Å². The lowest BCUT2D eigenvalue weighted by Gasteiger charge is -2.26. The maximum absolute atomic E-state index is 12.6. The lowest BCUT2D eigenvalue weighted by atomic mass is 10.1. The van der Waals surface area contributed by atoms with E-state index in [-0.39, 0.29) is 16.9 Å². The summed E-state index contributed by atoms with van der Waals surface area (Å²) in [6.45, 7) is 11.0. The number of nitrogens with zero attached hydrogens (tertiary/aromatic N) is 1. The van der Waals surface area contributed by atoms with Crippen LogP contribution in [0.3, 0.4) is 0 Å². The lowest BCUT2D eigenvalue weighted by Crippen LogP contribution is -2.38. The molecule has 0 radical (unpaired) electrons. The van der Waals surface area contributed by atoms with Gasteiger partial charge >= 0.3 is 0 Å². The maximum Gasteiger partial charge on any atom is 0.246 e. The van der Waals surface area contributed by atoms with Gasteiger partial charge in [-0.3, -0.25) is 0 Å². The Kier molecular flexibility index (Phi) is 5.79. The molecule has 0 aliphatic heterocycles. The first kappa shape index (κ1) is 17.2. The van der Waals surface area contributed by atoms with Crippen molar-refractivity contribution < 1.29 is 12.8 Å². The number of aryl methyl sites for hydroxylation is 1. The van der Waals surface area contributed by atoms with Crippen molar-refractivity contribution >= 4 is 10.0 Å². The van der Waals surface area contributed by atoms with Crippen LogP contribution in [-0.4, -0.2) is 32.4 Å². The molecule has 5 nitrogen and oxygen atoms in total. The molecule has 0 aliphatic rings. The molecular weight excluding hydrogens is 276 g/mol. The zero-order valence-corrected chi connectivity index (χ0v) is 14.0. The van der Waals surface area contributed by atoms with E-state index in [9.17, 15) is 8.42 Å². The molecule has 0 amide bonds. The second-order valence-electron chi connectivity index (χ2n) is 5.42. The number of hydrogen-bond acceptors (Lipinski definition) is 4. The average Bonchev–Trinajstić information content (AvgIpc) is 2.76. The fraction of sp³-hybridized carbons (Fsp3) is 0.714. The first-order chi connectivity index (χ1) is 9.21. The zero-order chi connectivity index (χ0) is 15.5. The van der Waals surface area contributed by atoms with Gasteiger partial charge in [0.25, 0.3) is 0 Å². The van der Waals surface area contributed by atoms with Gasteiger partial charge in [-0.25, -0.2) is 8.42 Å². The summed E-state index contributed by atoms with van der Waals surface area (Å²) in [5.74, 6) is 1.34. The SMILES string of the molecule is CCNCc1cc(S(=O)(=O)N(C)C(C)C(C)C)c(C)o1. The molecule has 1 atom stereocenters. The second-order valence-corrected chi connectivity index (χ2v) is 7.39. The Morgan fingerprint density at radius 1 is 1.35 bits per heavy atom. The predicted octanol–water partition coefficient (Wildman–Crippen LogP) is 2.36. The topological polar surface area (TPSA) is 62.6 Å². The van der Waals surface area contributed by atoms with Gasteiger partial charge < -0.3 is 9.73 Å². The van der Waals surface area contributed by atoms with Crippen LogP contribution in [0.25, 0.3) is 0 Å². The standard InChI is InChI=1S/C14H26N2O3S/c1-7-15-9-13-8-14(12(5)19-13)20(17,18)16(6)11(4)10(2)3/h8,10-11,15H,7,9H2,1-6H3. The Hall–Kier alpha value is -0.850. The van der Waals surface area contributed by atoms with Crippen LogP contribution < -0.4 is 5.32 Å². The summed E-state index contributed by atoms with van der Waals surface area (Å²) in [7, 11) is -1.88. The summed E-state index contributed by atoms with van der Waals surface area (Å²) < 4.78 is 32.2. The van der Waals surface area contributed by atoms with E-state index in [1.165, 1.54) is 4.31 Å². The van der Waals surface area contributed by atoms with E-state index in [4.69, 9.17) is 4.42 Å². The molecule has 1 aromatic heterocycles. The lowest BCUT2D eigenvalue weighted by molar-refractivity contribution is 0.315. The van der Waals surface area contributed by atoms with Gasteiger partial charge in [-0.1, -0.05) is 20.8 Å². The first-order valence-corrected chi connectivity index (χ1v) is 8.43. The van der Waals surface area contributed by atoms with Crippen LogP contribution in [-0.2, 0) is 16.6 Å². The second kappa shape index (κ2) is 6.74. The highest BCUT2D eigenvalue weighted by molar-refractivity contribution is 7.89. The molecule has 1 rings (SSSR count). The Labute approximate surface area is 122 Å². The third-order valence-corrected chi connectivity index (χ3v) is 5.72.